The monoisotopic (exact) mass is 366 g/mol. The number of anilines is 2. The van der Waals surface area contributed by atoms with Gasteiger partial charge >= 0.3 is 12.1 Å². The van der Waals surface area contributed by atoms with Gasteiger partial charge in [-0.15, -0.1) is 0 Å². The summed E-state index contributed by atoms with van der Waals surface area (Å²) >= 11 is 0. The van der Waals surface area contributed by atoms with Gasteiger partial charge in [0, 0.05) is 5.69 Å². The average Bonchev–Trinajstić information content (AvgIpc) is 2.62. The molecule has 2 amide bonds. The molecular formula is C18H17F3N2O3. The van der Waals surface area contributed by atoms with Gasteiger partial charge in [-0.05, 0) is 31.2 Å². The first kappa shape index (κ1) is 19.3. The Balaban J connectivity index is 2.40. The first-order chi connectivity index (χ1) is 12.3. The van der Waals surface area contributed by atoms with Crippen molar-refractivity contribution < 1.29 is 27.5 Å². The van der Waals surface area contributed by atoms with Crippen molar-refractivity contribution in [1.29, 1.82) is 0 Å². The van der Waals surface area contributed by atoms with E-state index in [9.17, 15) is 22.8 Å². The molecule has 2 aromatic rings. The summed E-state index contributed by atoms with van der Waals surface area (Å²) in [6.45, 7) is 1.22. The van der Waals surface area contributed by atoms with Crippen molar-refractivity contribution in [3.8, 4) is 5.75 Å². The lowest BCUT2D eigenvalue weighted by Gasteiger charge is -2.30. The molecule has 2 aromatic carbocycles. The molecule has 1 unspecified atom stereocenters. The van der Waals surface area contributed by atoms with Crippen LogP contribution in [0.5, 0.6) is 5.75 Å². The van der Waals surface area contributed by atoms with Crippen molar-refractivity contribution in [3.05, 3.63) is 54.6 Å². The third-order valence-corrected chi connectivity index (χ3v) is 3.61. The average molecular weight is 366 g/mol. The summed E-state index contributed by atoms with van der Waals surface area (Å²) in [6.07, 6.45) is -5.15. The Kier molecular flexibility index (Phi) is 5.86. The molecule has 0 radical (unpaired) electrons. The lowest BCUT2D eigenvalue weighted by atomic mass is 10.1. The Bertz CT molecular complexity index is 779. The van der Waals surface area contributed by atoms with Crippen LogP contribution in [-0.4, -0.2) is 31.1 Å². The normalized spacial score (nSPS) is 12.2. The maximum atomic E-state index is 13.1. The fraction of sp³-hybridized carbons (Fsp3) is 0.222. The third kappa shape index (κ3) is 4.33. The Morgan fingerprint density at radius 3 is 2.19 bits per heavy atom. The van der Waals surface area contributed by atoms with E-state index in [4.69, 9.17) is 4.74 Å². The molecule has 0 fully saturated rings. The highest BCUT2D eigenvalue weighted by molar-refractivity contribution is 6.07. The van der Waals surface area contributed by atoms with E-state index in [0.717, 1.165) is 0 Å². The molecule has 0 aliphatic carbocycles. The van der Waals surface area contributed by atoms with Gasteiger partial charge in [0.25, 0.3) is 0 Å². The zero-order valence-corrected chi connectivity index (χ0v) is 14.1. The zero-order chi connectivity index (χ0) is 19.3. The number of nitrogens with one attached hydrogen (secondary N) is 1. The summed E-state index contributed by atoms with van der Waals surface area (Å²) in [7, 11) is 1.27. The smallest absolute Gasteiger partial charge is 0.471 e. The molecule has 0 aromatic heterocycles. The second kappa shape index (κ2) is 7.90. The fourth-order valence-electron chi connectivity index (χ4n) is 2.34. The van der Waals surface area contributed by atoms with Crippen LogP contribution in [0.1, 0.15) is 6.92 Å². The van der Waals surface area contributed by atoms with Gasteiger partial charge in [-0.2, -0.15) is 13.2 Å². The van der Waals surface area contributed by atoms with E-state index in [0.29, 0.717) is 10.6 Å². The van der Waals surface area contributed by atoms with E-state index in [1.54, 1.807) is 36.4 Å². The standard InChI is InChI=1S/C18H17F3N2O3/c1-12(16(24)22-13-8-4-3-5-9-13)23(17(25)18(19,20)21)14-10-6-7-11-15(14)26-2/h3-12H,1-2H3,(H,22,24). The molecule has 26 heavy (non-hydrogen) atoms. The maximum Gasteiger partial charge on any atom is 0.471 e. The van der Waals surface area contributed by atoms with Crippen LogP contribution in [-0.2, 0) is 9.59 Å². The van der Waals surface area contributed by atoms with E-state index in [-0.39, 0.29) is 11.4 Å². The fourth-order valence-corrected chi connectivity index (χ4v) is 2.34. The molecule has 0 aliphatic rings. The number of carbonyl (C=O) groups is 2. The van der Waals surface area contributed by atoms with Crippen molar-refractivity contribution >= 4 is 23.2 Å². The number of carbonyl (C=O) groups excluding carboxylic acids is 2. The number of rotatable bonds is 5. The summed E-state index contributed by atoms with van der Waals surface area (Å²) in [5, 5.41) is 2.49. The van der Waals surface area contributed by atoms with Gasteiger partial charge in [0.05, 0.1) is 12.8 Å². The molecule has 0 aliphatic heterocycles. The van der Waals surface area contributed by atoms with E-state index in [2.05, 4.69) is 5.32 Å². The van der Waals surface area contributed by atoms with Crippen LogP contribution in [0, 0.1) is 0 Å². The highest BCUT2D eigenvalue weighted by Crippen LogP contribution is 2.33. The molecule has 1 N–H and O–H groups in total. The van der Waals surface area contributed by atoms with Crippen molar-refractivity contribution in [1.82, 2.24) is 0 Å². The summed E-state index contributed by atoms with van der Waals surface area (Å²) in [5.41, 5.74) is 0.261. The van der Waals surface area contributed by atoms with Crippen LogP contribution in [0.15, 0.2) is 54.6 Å². The zero-order valence-electron chi connectivity index (χ0n) is 14.1. The molecule has 1 atom stereocenters. The molecule has 5 nitrogen and oxygen atoms in total. The van der Waals surface area contributed by atoms with Gasteiger partial charge in [-0.25, -0.2) is 0 Å². The molecular weight excluding hydrogens is 349 g/mol. The van der Waals surface area contributed by atoms with Crippen molar-refractivity contribution in [2.24, 2.45) is 0 Å². The van der Waals surface area contributed by atoms with Gasteiger partial charge < -0.3 is 10.1 Å². The largest absolute Gasteiger partial charge is 0.495 e. The number of hydrogen-bond acceptors (Lipinski definition) is 3. The van der Waals surface area contributed by atoms with Gasteiger partial charge in [0.2, 0.25) is 5.91 Å². The van der Waals surface area contributed by atoms with Gasteiger partial charge in [0.15, 0.2) is 0 Å². The minimum absolute atomic E-state index is 0.0458. The number of halogens is 3. The highest BCUT2D eigenvalue weighted by atomic mass is 19.4. The molecule has 2 rings (SSSR count). The number of methoxy groups -OCH3 is 1. The van der Waals surface area contributed by atoms with Crippen LogP contribution >= 0.6 is 0 Å². The van der Waals surface area contributed by atoms with E-state index < -0.39 is 24.0 Å². The maximum absolute atomic E-state index is 13.1. The lowest BCUT2D eigenvalue weighted by molar-refractivity contribution is -0.171. The van der Waals surface area contributed by atoms with Gasteiger partial charge in [-0.3, -0.25) is 14.5 Å². The van der Waals surface area contributed by atoms with Crippen LogP contribution < -0.4 is 15.0 Å². The quantitative estimate of drug-likeness (QED) is 0.879. The predicted octanol–water partition coefficient (Wildman–Crippen LogP) is 3.62. The first-order valence-corrected chi connectivity index (χ1v) is 7.65. The van der Waals surface area contributed by atoms with E-state index >= 15 is 0 Å². The van der Waals surface area contributed by atoms with Crippen LogP contribution in [0.3, 0.4) is 0 Å². The van der Waals surface area contributed by atoms with Gasteiger partial charge in [0.1, 0.15) is 11.8 Å². The SMILES string of the molecule is COc1ccccc1N(C(=O)C(F)(F)F)C(C)C(=O)Nc1ccccc1. The van der Waals surface area contributed by atoms with Crippen molar-refractivity contribution in [2.75, 3.05) is 17.3 Å². The first-order valence-electron chi connectivity index (χ1n) is 7.65. The molecule has 8 heteroatoms. The van der Waals surface area contributed by atoms with E-state index in [1.807, 2.05) is 0 Å². The van der Waals surface area contributed by atoms with Gasteiger partial charge in [-0.1, -0.05) is 30.3 Å². The Morgan fingerprint density at radius 1 is 1.04 bits per heavy atom. The number of hydrogen-bond donors (Lipinski definition) is 1. The Hall–Kier alpha value is -3.03. The number of amides is 2. The summed E-state index contributed by atoms with van der Waals surface area (Å²) in [4.78, 5) is 24.8. The molecule has 0 heterocycles. The summed E-state index contributed by atoms with van der Waals surface area (Å²) < 4.78 is 44.4. The van der Waals surface area contributed by atoms with Crippen molar-refractivity contribution in [2.45, 2.75) is 19.1 Å². The summed E-state index contributed by atoms with van der Waals surface area (Å²) in [6, 6.07) is 12.5. The minimum Gasteiger partial charge on any atom is -0.495 e. The Labute approximate surface area is 148 Å². The minimum atomic E-state index is -5.15. The second-order valence-electron chi connectivity index (χ2n) is 5.38. The highest BCUT2D eigenvalue weighted by Gasteiger charge is 2.46. The van der Waals surface area contributed by atoms with Crippen LogP contribution in [0.4, 0.5) is 24.5 Å². The second-order valence-corrected chi connectivity index (χ2v) is 5.38. The molecule has 138 valence electrons. The Morgan fingerprint density at radius 2 is 1.62 bits per heavy atom. The topological polar surface area (TPSA) is 58.6 Å². The van der Waals surface area contributed by atoms with Crippen LogP contribution in [0.25, 0.3) is 0 Å². The molecule has 0 spiro atoms. The number of nitrogens with zero attached hydrogens (tertiary/aromatic N) is 1. The van der Waals surface area contributed by atoms with E-state index in [1.165, 1.54) is 32.2 Å². The number of ether oxygens (including phenoxy) is 1. The molecule has 0 saturated carbocycles. The number of benzene rings is 2. The third-order valence-electron chi connectivity index (χ3n) is 3.61. The van der Waals surface area contributed by atoms with Crippen molar-refractivity contribution in [3.63, 3.8) is 0 Å². The molecule has 0 bridgehead atoms. The lowest BCUT2D eigenvalue weighted by Crippen LogP contribution is -2.51. The molecule has 0 saturated heterocycles. The number of para-hydroxylation sites is 3. The predicted molar refractivity (Wildman–Crippen MR) is 91.1 cm³/mol. The van der Waals surface area contributed by atoms with Crippen LogP contribution in [0.2, 0.25) is 0 Å². The number of alkyl halides is 3. The summed E-state index contributed by atoms with van der Waals surface area (Å²) in [5.74, 6) is -2.87.